The summed E-state index contributed by atoms with van der Waals surface area (Å²) in [4.78, 5) is 25.9. The molecule has 1 aliphatic heterocycles. The lowest BCUT2D eigenvalue weighted by atomic mass is 9.80. The van der Waals surface area contributed by atoms with E-state index in [1.54, 1.807) is 12.1 Å². The van der Waals surface area contributed by atoms with E-state index in [1.807, 2.05) is 103 Å². The molecule has 1 unspecified atom stereocenters. The van der Waals surface area contributed by atoms with Gasteiger partial charge in [-0.25, -0.2) is 4.79 Å². The third kappa shape index (κ3) is 4.78. The topological polar surface area (TPSA) is 64.6 Å². The molecule has 1 aliphatic rings. The van der Waals surface area contributed by atoms with Crippen molar-refractivity contribution in [3.05, 3.63) is 143 Å². The summed E-state index contributed by atoms with van der Waals surface area (Å²) >= 11 is 0. The Kier molecular flexibility index (Phi) is 7.15. The highest BCUT2D eigenvalue weighted by molar-refractivity contribution is 5.89. The molecular formula is C32H29NO4. The van der Waals surface area contributed by atoms with Crippen LogP contribution in [0.1, 0.15) is 45.0 Å². The van der Waals surface area contributed by atoms with E-state index >= 15 is 0 Å². The van der Waals surface area contributed by atoms with Crippen molar-refractivity contribution in [1.82, 2.24) is 5.32 Å². The van der Waals surface area contributed by atoms with Crippen LogP contribution in [0.3, 0.4) is 0 Å². The fourth-order valence-corrected chi connectivity index (χ4v) is 5.20. The van der Waals surface area contributed by atoms with E-state index in [0.29, 0.717) is 12.1 Å². The lowest BCUT2D eigenvalue weighted by Crippen LogP contribution is -2.43. The summed E-state index contributed by atoms with van der Waals surface area (Å²) in [6, 6.07) is 36.4. The lowest BCUT2D eigenvalue weighted by molar-refractivity contribution is -0.156. The summed E-state index contributed by atoms with van der Waals surface area (Å²) in [5, 5.41) is 3.36. The molecule has 5 heteroatoms. The van der Waals surface area contributed by atoms with E-state index in [2.05, 4.69) is 5.32 Å². The highest BCUT2D eigenvalue weighted by Gasteiger charge is 2.44. The van der Waals surface area contributed by atoms with E-state index < -0.39 is 11.6 Å². The Bertz CT molecular complexity index is 1240. The lowest BCUT2D eigenvalue weighted by Gasteiger charge is -2.36. The molecule has 5 nitrogen and oxygen atoms in total. The van der Waals surface area contributed by atoms with E-state index in [1.165, 1.54) is 7.11 Å². The third-order valence-electron chi connectivity index (χ3n) is 7.03. The molecule has 0 spiro atoms. The van der Waals surface area contributed by atoms with E-state index in [4.69, 9.17) is 9.47 Å². The maximum Gasteiger partial charge on any atom is 0.337 e. The first-order valence-corrected chi connectivity index (χ1v) is 12.4. The van der Waals surface area contributed by atoms with Crippen LogP contribution in [0.4, 0.5) is 0 Å². The van der Waals surface area contributed by atoms with Crippen LogP contribution in [0, 0.1) is 0 Å². The number of esters is 2. The largest absolute Gasteiger partial charge is 0.465 e. The molecule has 2 atom stereocenters. The third-order valence-corrected chi connectivity index (χ3v) is 7.03. The maximum absolute atomic E-state index is 14.0. The fraction of sp³-hybridized carbons (Fsp3) is 0.188. The van der Waals surface area contributed by atoms with Crippen molar-refractivity contribution in [3.63, 3.8) is 0 Å². The smallest absolute Gasteiger partial charge is 0.337 e. The van der Waals surface area contributed by atoms with Crippen LogP contribution in [-0.2, 0) is 19.9 Å². The summed E-state index contributed by atoms with van der Waals surface area (Å²) in [6.45, 7) is 0.693. The van der Waals surface area contributed by atoms with Crippen molar-refractivity contribution in [3.8, 4) is 0 Å². The highest BCUT2D eigenvalue weighted by atomic mass is 16.6. The van der Waals surface area contributed by atoms with Crippen LogP contribution < -0.4 is 5.32 Å². The van der Waals surface area contributed by atoms with Gasteiger partial charge >= 0.3 is 11.9 Å². The Balaban J connectivity index is 1.54. The van der Waals surface area contributed by atoms with Crippen molar-refractivity contribution in [2.45, 2.75) is 24.0 Å². The predicted octanol–water partition coefficient (Wildman–Crippen LogP) is 5.45. The second-order valence-corrected chi connectivity index (χ2v) is 9.14. The van der Waals surface area contributed by atoms with Crippen LogP contribution in [-0.4, -0.2) is 31.6 Å². The Morgan fingerprint density at radius 1 is 0.730 bits per heavy atom. The van der Waals surface area contributed by atoms with Gasteiger partial charge in [0.2, 0.25) is 0 Å². The van der Waals surface area contributed by atoms with Crippen LogP contribution in [0.15, 0.2) is 115 Å². The van der Waals surface area contributed by atoms with Gasteiger partial charge in [0, 0.05) is 22.6 Å². The van der Waals surface area contributed by atoms with Gasteiger partial charge in [-0.2, -0.15) is 0 Å². The molecule has 5 rings (SSSR count). The minimum atomic E-state index is -1.12. The summed E-state index contributed by atoms with van der Waals surface area (Å²) in [6.07, 6.45) is 0.784. The van der Waals surface area contributed by atoms with Gasteiger partial charge < -0.3 is 14.8 Å². The number of hydrogen-bond donors (Lipinski definition) is 1. The molecule has 1 fully saturated rings. The fourth-order valence-electron chi connectivity index (χ4n) is 5.20. The molecule has 1 N–H and O–H groups in total. The normalized spacial score (nSPS) is 17.2. The molecule has 1 saturated heterocycles. The minimum Gasteiger partial charge on any atom is -0.465 e. The number of rotatable bonds is 7. The quantitative estimate of drug-likeness (QED) is 0.275. The second kappa shape index (κ2) is 10.8. The standard InChI is InChI=1S/C32H29NO4/c1-36-30(34)24-19-17-23(18-20-24)28-21-22-33-29(28)31(35)37-32(25-11-5-2-6-12-25,26-13-7-3-8-14-26)27-15-9-4-10-16-27/h2-20,28-29,33H,21-22H2,1H3/t28?,29-/m0/s1. The average Bonchev–Trinajstić information content (AvgIpc) is 3.47. The van der Waals surface area contributed by atoms with Gasteiger partial charge in [0.15, 0.2) is 5.60 Å². The monoisotopic (exact) mass is 491 g/mol. The Labute approximate surface area is 217 Å². The van der Waals surface area contributed by atoms with Gasteiger partial charge in [-0.15, -0.1) is 0 Å². The zero-order valence-corrected chi connectivity index (χ0v) is 20.7. The van der Waals surface area contributed by atoms with Crippen LogP contribution in [0.2, 0.25) is 0 Å². The van der Waals surface area contributed by atoms with Gasteiger partial charge in [0.05, 0.1) is 12.7 Å². The summed E-state index contributed by atoms with van der Waals surface area (Å²) in [7, 11) is 1.36. The first kappa shape index (κ1) is 24.5. The Hall–Kier alpha value is -4.22. The number of nitrogens with one attached hydrogen (secondary N) is 1. The predicted molar refractivity (Wildman–Crippen MR) is 142 cm³/mol. The van der Waals surface area contributed by atoms with Gasteiger partial charge in [0.1, 0.15) is 6.04 Å². The van der Waals surface area contributed by atoms with E-state index in [9.17, 15) is 9.59 Å². The van der Waals surface area contributed by atoms with Crippen molar-refractivity contribution >= 4 is 11.9 Å². The SMILES string of the molecule is COC(=O)c1ccc(C2CCN[C@@H]2C(=O)OC(c2ccccc2)(c2ccccc2)c2ccccc2)cc1. The number of carbonyl (C=O) groups excluding carboxylic acids is 2. The number of methoxy groups -OCH3 is 1. The molecule has 1 heterocycles. The molecule has 0 radical (unpaired) electrons. The first-order chi connectivity index (χ1) is 18.1. The molecule has 4 aromatic carbocycles. The molecule has 0 amide bonds. The Morgan fingerprint density at radius 3 is 1.68 bits per heavy atom. The van der Waals surface area contributed by atoms with Crippen LogP contribution in [0.25, 0.3) is 0 Å². The first-order valence-electron chi connectivity index (χ1n) is 12.4. The van der Waals surface area contributed by atoms with Crippen molar-refractivity contribution in [2.24, 2.45) is 0 Å². The van der Waals surface area contributed by atoms with Gasteiger partial charge in [-0.05, 0) is 30.7 Å². The summed E-state index contributed by atoms with van der Waals surface area (Å²) < 4.78 is 11.5. The Morgan fingerprint density at radius 2 is 1.22 bits per heavy atom. The van der Waals surface area contributed by atoms with Gasteiger partial charge in [-0.1, -0.05) is 103 Å². The number of carbonyl (C=O) groups is 2. The zero-order chi connectivity index (χ0) is 25.7. The zero-order valence-electron chi connectivity index (χ0n) is 20.7. The highest BCUT2D eigenvalue weighted by Crippen LogP contribution is 2.42. The van der Waals surface area contributed by atoms with Gasteiger partial charge in [0.25, 0.3) is 0 Å². The molecule has 37 heavy (non-hydrogen) atoms. The molecule has 0 aliphatic carbocycles. The van der Waals surface area contributed by atoms with Crippen molar-refractivity contribution in [2.75, 3.05) is 13.7 Å². The van der Waals surface area contributed by atoms with E-state index in [0.717, 1.165) is 28.7 Å². The summed E-state index contributed by atoms with van der Waals surface area (Å²) in [5.74, 6) is -0.791. The number of hydrogen-bond acceptors (Lipinski definition) is 5. The van der Waals surface area contributed by atoms with Gasteiger partial charge in [-0.3, -0.25) is 4.79 Å². The summed E-state index contributed by atoms with van der Waals surface area (Å²) in [5.41, 5.74) is 2.95. The number of benzene rings is 4. The average molecular weight is 492 g/mol. The molecular weight excluding hydrogens is 462 g/mol. The number of ether oxygens (including phenoxy) is 2. The minimum absolute atomic E-state index is 0.0841. The molecule has 186 valence electrons. The van der Waals surface area contributed by atoms with Crippen LogP contribution in [0.5, 0.6) is 0 Å². The van der Waals surface area contributed by atoms with Crippen molar-refractivity contribution in [1.29, 1.82) is 0 Å². The molecule has 0 aromatic heterocycles. The maximum atomic E-state index is 14.0. The van der Waals surface area contributed by atoms with Crippen molar-refractivity contribution < 1.29 is 19.1 Å². The van der Waals surface area contributed by atoms with Crippen LogP contribution >= 0.6 is 0 Å². The molecule has 0 bridgehead atoms. The molecule has 4 aromatic rings. The van der Waals surface area contributed by atoms with E-state index in [-0.39, 0.29) is 17.9 Å². The molecule has 0 saturated carbocycles. The second-order valence-electron chi connectivity index (χ2n) is 9.14.